The van der Waals surface area contributed by atoms with Crippen molar-refractivity contribution in [3.63, 3.8) is 0 Å². The average Bonchev–Trinajstić information content (AvgIpc) is 2.38. The zero-order valence-corrected chi connectivity index (χ0v) is 12.4. The molecule has 1 rings (SSSR count). The molecule has 20 heavy (non-hydrogen) atoms. The maximum absolute atomic E-state index is 11.8. The Hall–Kier alpha value is -1.54. The smallest absolute Gasteiger partial charge is 0.271 e. The van der Waals surface area contributed by atoms with E-state index < -0.39 is 14.9 Å². The molecule has 0 spiro atoms. The van der Waals surface area contributed by atoms with Crippen molar-refractivity contribution < 1.29 is 18.1 Å². The summed E-state index contributed by atoms with van der Waals surface area (Å²) >= 11 is 5.48. The fourth-order valence-electron chi connectivity index (χ4n) is 1.49. The molecule has 1 N–H and O–H groups in total. The Bertz CT molecular complexity index is 576. The summed E-state index contributed by atoms with van der Waals surface area (Å²) < 4.78 is 31.0. The van der Waals surface area contributed by atoms with Gasteiger partial charge in [-0.1, -0.05) is 0 Å². The molecule has 0 aliphatic carbocycles. The Morgan fingerprint density at radius 3 is 2.65 bits per heavy atom. The van der Waals surface area contributed by atoms with Crippen LogP contribution in [-0.4, -0.2) is 32.1 Å². The van der Waals surface area contributed by atoms with E-state index in [4.69, 9.17) is 16.3 Å². The number of ether oxygens (including phenoxy) is 1. The summed E-state index contributed by atoms with van der Waals surface area (Å²) in [5.41, 5.74) is -0.170. The summed E-state index contributed by atoms with van der Waals surface area (Å²) in [6, 6.07) is 3.71. The minimum Gasteiger partial charge on any atom is -0.495 e. The first-order valence-corrected chi connectivity index (χ1v) is 7.97. The van der Waals surface area contributed by atoms with Crippen LogP contribution in [0.25, 0.3) is 0 Å². The molecule has 0 unspecified atom stereocenters. The van der Waals surface area contributed by atoms with E-state index >= 15 is 0 Å². The molecule has 0 aliphatic heterocycles. The Balaban J connectivity index is 2.94. The second-order valence-electron chi connectivity index (χ2n) is 3.96. The standard InChI is InChI=1S/C11H15ClN2O5S/c1-19-11-5-4-9(14(15)16)8-10(11)13-20(17,18)7-3-2-6-12/h4-5,8,13H,2-3,6-7H2,1H3. The van der Waals surface area contributed by atoms with Gasteiger partial charge in [-0.15, -0.1) is 11.6 Å². The molecular formula is C11H15ClN2O5S. The molecule has 9 heteroatoms. The van der Waals surface area contributed by atoms with Crippen molar-refractivity contribution in [2.45, 2.75) is 12.8 Å². The van der Waals surface area contributed by atoms with E-state index in [2.05, 4.69) is 4.72 Å². The van der Waals surface area contributed by atoms with E-state index in [0.717, 1.165) is 6.07 Å². The van der Waals surface area contributed by atoms with Gasteiger partial charge in [0.1, 0.15) is 5.75 Å². The highest BCUT2D eigenvalue weighted by molar-refractivity contribution is 7.92. The normalized spacial score (nSPS) is 11.1. The number of nitro groups is 1. The minimum absolute atomic E-state index is 0.0487. The van der Waals surface area contributed by atoms with Crippen molar-refractivity contribution in [1.29, 1.82) is 0 Å². The highest BCUT2D eigenvalue weighted by Crippen LogP contribution is 2.29. The van der Waals surface area contributed by atoms with Crippen LogP contribution in [-0.2, 0) is 10.0 Å². The average molecular weight is 323 g/mol. The number of rotatable bonds is 8. The molecule has 7 nitrogen and oxygen atoms in total. The molecule has 0 fully saturated rings. The molecule has 0 heterocycles. The van der Waals surface area contributed by atoms with Crippen molar-refractivity contribution in [3.8, 4) is 5.75 Å². The van der Waals surface area contributed by atoms with Crippen LogP contribution in [0.2, 0.25) is 0 Å². The van der Waals surface area contributed by atoms with Crippen LogP contribution in [0.1, 0.15) is 12.8 Å². The monoisotopic (exact) mass is 322 g/mol. The molecule has 0 saturated carbocycles. The van der Waals surface area contributed by atoms with Gasteiger partial charge in [0.05, 0.1) is 23.5 Å². The predicted octanol–water partition coefficient (Wildman–Crippen LogP) is 2.36. The zero-order chi connectivity index (χ0) is 15.2. The minimum atomic E-state index is -3.59. The lowest BCUT2D eigenvalue weighted by Gasteiger charge is -2.11. The van der Waals surface area contributed by atoms with Crippen molar-refractivity contribution in [3.05, 3.63) is 28.3 Å². The van der Waals surface area contributed by atoms with Gasteiger partial charge in [-0.05, 0) is 18.9 Å². The molecular weight excluding hydrogens is 308 g/mol. The number of halogens is 1. The number of nitro benzene ring substituents is 1. The van der Waals surface area contributed by atoms with Gasteiger partial charge in [-0.25, -0.2) is 8.42 Å². The molecule has 112 valence electrons. The number of alkyl halides is 1. The van der Waals surface area contributed by atoms with Gasteiger partial charge in [0.15, 0.2) is 0 Å². The molecule has 0 amide bonds. The first-order valence-electron chi connectivity index (χ1n) is 5.78. The number of non-ortho nitro benzene ring substituents is 1. The number of hydrogen-bond acceptors (Lipinski definition) is 5. The van der Waals surface area contributed by atoms with Gasteiger partial charge in [-0.2, -0.15) is 0 Å². The van der Waals surface area contributed by atoms with Crippen LogP contribution >= 0.6 is 11.6 Å². The van der Waals surface area contributed by atoms with Gasteiger partial charge < -0.3 is 4.74 Å². The molecule has 0 aromatic heterocycles. The maximum Gasteiger partial charge on any atom is 0.271 e. The lowest BCUT2D eigenvalue weighted by atomic mass is 10.2. The maximum atomic E-state index is 11.8. The molecule has 1 aromatic rings. The van der Waals surface area contributed by atoms with Crippen LogP contribution in [0.5, 0.6) is 5.75 Å². The Morgan fingerprint density at radius 2 is 2.10 bits per heavy atom. The Morgan fingerprint density at radius 1 is 1.40 bits per heavy atom. The van der Waals surface area contributed by atoms with Crippen LogP contribution in [0.15, 0.2) is 18.2 Å². The first kappa shape index (κ1) is 16.5. The molecule has 0 atom stereocenters. The number of hydrogen-bond donors (Lipinski definition) is 1. The Kier molecular flexibility index (Phi) is 6.03. The number of methoxy groups -OCH3 is 1. The third-order valence-electron chi connectivity index (χ3n) is 2.46. The second kappa shape index (κ2) is 7.30. The van der Waals surface area contributed by atoms with Gasteiger partial charge >= 0.3 is 0 Å². The number of sulfonamides is 1. The van der Waals surface area contributed by atoms with E-state index in [-0.39, 0.29) is 22.9 Å². The van der Waals surface area contributed by atoms with Crippen LogP contribution in [0.4, 0.5) is 11.4 Å². The molecule has 0 bridgehead atoms. The van der Waals surface area contributed by atoms with Crippen LogP contribution in [0, 0.1) is 10.1 Å². The van der Waals surface area contributed by atoms with E-state index in [1.807, 2.05) is 0 Å². The SMILES string of the molecule is COc1ccc([N+](=O)[O-])cc1NS(=O)(=O)CCCCCl. The quantitative estimate of drug-likeness (QED) is 0.343. The number of nitrogens with zero attached hydrogens (tertiary/aromatic N) is 1. The summed E-state index contributed by atoms with van der Waals surface area (Å²) in [5, 5.41) is 10.7. The third kappa shape index (κ3) is 4.86. The van der Waals surface area contributed by atoms with E-state index in [0.29, 0.717) is 18.7 Å². The van der Waals surface area contributed by atoms with E-state index in [9.17, 15) is 18.5 Å². The van der Waals surface area contributed by atoms with Gasteiger partial charge in [-0.3, -0.25) is 14.8 Å². The molecule has 0 aliphatic rings. The molecule has 0 saturated heterocycles. The largest absolute Gasteiger partial charge is 0.495 e. The number of benzene rings is 1. The van der Waals surface area contributed by atoms with E-state index in [1.54, 1.807) is 0 Å². The number of nitrogens with one attached hydrogen (secondary N) is 1. The lowest BCUT2D eigenvalue weighted by molar-refractivity contribution is -0.384. The van der Waals surface area contributed by atoms with Crippen molar-refractivity contribution in [2.75, 3.05) is 23.5 Å². The topological polar surface area (TPSA) is 98.5 Å². The summed E-state index contributed by atoms with van der Waals surface area (Å²) in [4.78, 5) is 10.1. The number of anilines is 1. The third-order valence-corrected chi connectivity index (χ3v) is 4.08. The summed E-state index contributed by atoms with van der Waals surface area (Å²) in [6.07, 6.45) is 0.991. The first-order chi connectivity index (χ1) is 9.39. The zero-order valence-electron chi connectivity index (χ0n) is 10.8. The summed E-state index contributed by atoms with van der Waals surface area (Å²) in [7, 11) is -2.24. The van der Waals surface area contributed by atoms with Crippen LogP contribution < -0.4 is 9.46 Å². The fraction of sp³-hybridized carbons (Fsp3) is 0.455. The van der Waals surface area contributed by atoms with Crippen LogP contribution in [0.3, 0.4) is 0 Å². The Labute approximate surface area is 122 Å². The van der Waals surface area contributed by atoms with Crippen molar-refractivity contribution in [2.24, 2.45) is 0 Å². The summed E-state index contributed by atoms with van der Waals surface area (Å²) in [5.74, 6) is 0.498. The van der Waals surface area contributed by atoms with Gasteiger partial charge in [0.2, 0.25) is 10.0 Å². The summed E-state index contributed by atoms with van der Waals surface area (Å²) in [6.45, 7) is 0. The van der Waals surface area contributed by atoms with E-state index in [1.165, 1.54) is 19.2 Å². The fourth-order valence-corrected chi connectivity index (χ4v) is 2.86. The highest BCUT2D eigenvalue weighted by atomic mass is 35.5. The second-order valence-corrected chi connectivity index (χ2v) is 6.18. The highest BCUT2D eigenvalue weighted by Gasteiger charge is 2.16. The molecule has 1 aromatic carbocycles. The van der Waals surface area contributed by atoms with Crippen molar-refractivity contribution in [1.82, 2.24) is 0 Å². The predicted molar refractivity (Wildman–Crippen MR) is 77.0 cm³/mol. The molecule has 0 radical (unpaired) electrons. The van der Waals surface area contributed by atoms with Gasteiger partial charge in [0, 0.05) is 18.0 Å². The lowest BCUT2D eigenvalue weighted by Crippen LogP contribution is -2.17. The van der Waals surface area contributed by atoms with Gasteiger partial charge in [0.25, 0.3) is 5.69 Å². The number of unbranched alkanes of at least 4 members (excludes halogenated alkanes) is 1. The van der Waals surface area contributed by atoms with Crippen molar-refractivity contribution >= 4 is 33.0 Å².